The normalized spacial score (nSPS) is 26.9. The molecule has 3 nitrogen and oxygen atoms in total. The van der Waals surface area contributed by atoms with E-state index < -0.39 is 0 Å². The van der Waals surface area contributed by atoms with Crippen LogP contribution in [0.1, 0.15) is 52.4 Å². The number of hydrogen-bond acceptors (Lipinski definition) is 3. The van der Waals surface area contributed by atoms with Gasteiger partial charge in [-0.1, -0.05) is 13.8 Å². The number of nitrogens with one attached hydrogen (secondary N) is 1. The van der Waals surface area contributed by atoms with E-state index in [-0.39, 0.29) is 0 Å². The van der Waals surface area contributed by atoms with Gasteiger partial charge < -0.3 is 15.0 Å². The summed E-state index contributed by atoms with van der Waals surface area (Å²) in [6, 6.07) is 0. The minimum Gasteiger partial charge on any atom is -0.378 e. The first-order chi connectivity index (χ1) is 9.75. The Morgan fingerprint density at radius 3 is 2.65 bits per heavy atom. The molecule has 0 saturated carbocycles. The Balaban J connectivity index is 1.55. The molecule has 0 bridgehead atoms. The lowest BCUT2D eigenvalue weighted by molar-refractivity contribution is 0.0278. The third-order valence-corrected chi connectivity index (χ3v) is 5.07. The Kier molecular flexibility index (Phi) is 7.32. The van der Waals surface area contributed by atoms with Crippen LogP contribution in [0.2, 0.25) is 0 Å². The molecule has 3 heteroatoms. The van der Waals surface area contributed by atoms with Gasteiger partial charge in [0.2, 0.25) is 0 Å². The average molecular weight is 282 g/mol. The zero-order valence-electron chi connectivity index (χ0n) is 13.6. The summed E-state index contributed by atoms with van der Waals surface area (Å²) in [6.45, 7) is 11.8. The molecular weight excluding hydrogens is 248 g/mol. The van der Waals surface area contributed by atoms with Crippen molar-refractivity contribution in [3.8, 4) is 0 Å². The van der Waals surface area contributed by atoms with Crippen LogP contribution in [0, 0.1) is 11.8 Å². The highest BCUT2D eigenvalue weighted by Gasteiger charge is 2.19. The molecule has 2 aliphatic rings. The summed E-state index contributed by atoms with van der Waals surface area (Å²) in [7, 11) is 0. The lowest BCUT2D eigenvalue weighted by Crippen LogP contribution is -2.33. The van der Waals surface area contributed by atoms with Crippen LogP contribution in [-0.4, -0.2) is 50.3 Å². The van der Waals surface area contributed by atoms with Crippen LogP contribution in [0.15, 0.2) is 0 Å². The lowest BCUT2D eigenvalue weighted by Gasteiger charge is -2.24. The monoisotopic (exact) mass is 282 g/mol. The van der Waals surface area contributed by atoms with Crippen LogP contribution in [-0.2, 0) is 4.74 Å². The Bertz CT molecular complexity index is 251. The maximum Gasteiger partial charge on any atom is 0.0599 e. The first kappa shape index (κ1) is 16.3. The molecule has 0 aromatic heterocycles. The third-order valence-electron chi connectivity index (χ3n) is 5.07. The molecule has 0 aromatic rings. The molecule has 0 radical (unpaired) electrons. The molecule has 1 atom stereocenters. The van der Waals surface area contributed by atoms with Gasteiger partial charge in [0.05, 0.1) is 6.10 Å². The van der Waals surface area contributed by atoms with Crippen molar-refractivity contribution >= 4 is 0 Å². The highest BCUT2D eigenvalue weighted by Crippen LogP contribution is 2.24. The maximum absolute atomic E-state index is 6.00. The second-order valence-corrected chi connectivity index (χ2v) is 6.95. The van der Waals surface area contributed by atoms with E-state index in [1.807, 2.05) is 0 Å². The highest BCUT2D eigenvalue weighted by molar-refractivity contribution is 4.72. The van der Waals surface area contributed by atoms with Crippen LogP contribution >= 0.6 is 0 Å². The molecule has 0 spiro atoms. The van der Waals surface area contributed by atoms with Gasteiger partial charge in [-0.05, 0) is 76.5 Å². The first-order valence-corrected chi connectivity index (χ1v) is 8.80. The number of rotatable bonds is 6. The number of piperidine rings is 1. The summed E-state index contributed by atoms with van der Waals surface area (Å²) < 4.78 is 6.00. The molecular formula is C17H34N2O. The van der Waals surface area contributed by atoms with Gasteiger partial charge in [0.1, 0.15) is 0 Å². The summed E-state index contributed by atoms with van der Waals surface area (Å²) in [5.74, 6) is 1.81. The molecule has 0 aliphatic carbocycles. The molecule has 2 saturated heterocycles. The third kappa shape index (κ3) is 5.71. The largest absolute Gasteiger partial charge is 0.378 e. The zero-order chi connectivity index (χ0) is 14.2. The summed E-state index contributed by atoms with van der Waals surface area (Å²) in [4.78, 5) is 2.66. The molecule has 1 unspecified atom stereocenters. The Morgan fingerprint density at radius 2 is 1.90 bits per heavy atom. The fourth-order valence-corrected chi connectivity index (χ4v) is 3.57. The minimum atomic E-state index is 0.519. The van der Waals surface area contributed by atoms with Gasteiger partial charge in [-0.15, -0.1) is 0 Å². The molecule has 118 valence electrons. The molecule has 0 aromatic carbocycles. The van der Waals surface area contributed by atoms with Crippen LogP contribution in [0.4, 0.5) is 0 Å². The van der Waals surface area contributed by atoms with Crippen LogP contribution in [0.5, 0.6) is 0 Å². The number of hydrogen-bond donors (Lipinski definition) is 1. The van der Waals surface area contributed by atoms with Gasteiger partial charge in [0.15, 0.2) is 0 Å². The summed E-state index contributed by atoms with van der Waals surface area (Å²) in [5, 5.41) is 3.39. The molecule has 2 rings (SSSR count). The Labute approximate surface area is 125 Å². The van der Waals surface area contributed by atoms with E-state index in [4.69, 9.17) is 4.74 Å². The fourth-order valence-electron chi connectivity index (χ4n) is 3.57. The van der Waals surface area contributed by atoms with Crippen LogP contribution < -0.4 is 5.32 Å². The molecule has 20 heavy (non-hydrogen) atoms. The van der Waals surface area contributed by atoms with Crippen molar-refractivity contribution in [1.82, 2.24) is 10.2 Å². The standard InChI is InChI=1S/C17H34N2O/c1-15(2)16-5-3-11-19(13-8-16)12-4-14-20-17-6-9-18-10-7-17/h15-18H,3-14H2,1-2H3. The molecule has 2 fully saturated rings. The van der Waals surface area contributed by atoms with Gasteiger partial charge >= 0.3 is 0 Å². The van der Waals surface area contributed by atoms with Crippen molar-refractivity contribution in [2.45, 2.75) is 58.5 Å². The van der Waals surface area contributed by atoms with Gasteiger partial charge in [-0.25, -0.2) is 0 Å². The van der Waals surface area contributed by atoms with Crippen molar-refractivity contribution in [3.63, 3.8) is 0 Å². The van der Waals surface area contributed by atoms with Crippen molar-refractivity contribution in [1.29, 1.82) is 0 Å². The van der Waals surface area contributed by atoms with E-state index in [9.17, 15) is 0 Å². The van der Waals surface area contributed by atoms with Gasteiger partial charge in [-0.2, -0.15) is 0 Å². The van der Waals surface area contributed by atoms with Crippen molar-refractivity contribution in [2.75, 3.05) is 39.3 Å². The van der Waals surface area contributed by atoms with Crippen LogP contribution in [0.25, 0.3) is 0 Å². The predicted octanol–water partition coefficient (Wildman–Crippen LogP) is 2.90. The Hall–Kier alpha value is -0.120. The maximum atomic E-state index is 6.00. The van der Waals surface area contributed by atoms with Crippen molar-refractivity contribution in [3.05, 3.63) is 0 Å². The zero-order valence-corrected chi connectivity index (χ0v) is 13.6. The first-order valence-electron chi connectivity index (χ1n) is 8.80. The molecule has 2 heterocycles. The quantitative estimate of drug-likeness (QED) is 0.758. The van der Waals surface area contributed by atoms with E-state index in [2.05, 4.69) is 24.1 Å². The number of likely N-dealkylation sites (tertiary alicyclic amines) is 1. The summed E-state index contributed by atoms with van der Waals surface area (Å²) >= 11 is 0. The highest BCUT2D eigenvalue weighted by atomic mass is 16.5. The topological polar surface area (TPSA) is 24.5 Å². The smallest absolute Gasteiger partial charge is 0.0599 e. The van der Waals surface area contributed by atoms with Crippen LogP contribution in [0.3, 0.4) is 0 Å². The molecule has 1 N–H and O–H groups in total. The fraction of sp³-hybridized carbons (Fsp3) is 1.00. The second-order valence-electron chi connectivity index (χ2n) is 6.95. The van der Waals surface area contributed by atoms with E-state index >= 15 is 0 Å². The lowest BCUT2D eigenvalue weighted by atomic mass is 9.89. The van der Waals surface area contributed by atoms with Gasteiger partial charge in [-0.3, -0.25) is 0 Å². The summed E-state index contributed by atoms with van der Waals surface area (Å²) in [6.07, 6.45) is 8.33. The van der Waals surface area contributed by atoms with E-state index in [1.165, 1.54) is 58.2 Å². The SMILES string of the molecule is CC(C)C1CCCN(CCCOC2CCNCC2)CC1. The van der Waals surface area contributed by atoms with E-state index in [0.717, 1.165) is 31.5 Å². The molecule has 0 amide bonds. The van der Waals surface area contributed by atoms with E-state index in [0.29, 0.717) is 6.10 Å². The van der Waals surface area contributed by atoms with E-state index in [1.54, 1.807) is 0 Å². The minimum absolute atomic E-state index is 0.519. The second kappa shape index (κ2) is 9.01. The number of nitrogens with zero attached hydrogens (tertiary/aromatic N) is 1. The van der Waals surface area contributed by atoms with Gasteiger partial charge in [0.25, 0.3) is 0 Å². The van der Waals surface area contributed by atoms with Gasteiger partial charge in [0, 0.05) is 13.2 Å². The number of ether oxygens (including phenoxy) is 1. The van der Waals surface area contributed by atoms with Crippen molar-refractivity contribution < 1.29 is 4.74 Å². The summed E-state index contributed by atoms with van der Waals surface area (Å²) in [5.41, 5.74) is 0. The predicted molar refractivity (Wildman–Crippen MR) is 85.1 cm³/mol. The molecule has 2 aliphatic heterocycles. The van der Waals surface area contributed by atoms with Crippen molar-refractivity contribution in [2.24, 2.45) is 11.8 Å². The Morgan fingerprint density at radius 1 is 1.10 bits per heavy atom. The average Bonchev–Trinajstić information content (AvgIpc) is 2.70.